The maximum Gasteiger partial charge on any atom is 0.305 e. The van der Waals surface area contributed by atoms with Crippen molar-refractivity contribution in [2.75, 3.05) is 7.05 Å². The molecule has 1 aromatic rings. The topological polar surface area (TPSA) is 69.6 Å². The van der Waals surface area contributed by atoms with E-state index >= 15 is 0 Å². The zero-order chi connectivity index (χ0) is 13.7. The summed E-state index contributed by atoms with van der Waals surface area (Å²) in [5.74, 6) is -0.484. The second-order valence-corrected chi connectivity index (χ2v) is 4.76. The number of likely N-dealkylation sites (N-methyl/N-ethyl adjacent to an activating group) is 1. The lowest BCUT2D eigenvalue weighted by molar-refractivity contribution is -0.138. The highest BCUT2D eigenvalue weighted by molar-refractivity contribution is 5.67. The van der Waals surface area contributed by atoms with E-state index in [2.05, 4.69) is 19.2 Å². The number of rotatable bonds is 6. The minimum atomic E-state index is -0.924. The number of carbonyl (C=O) groups is 1. The third-order valence-corrected chi connectivity index (χ3v) is 3.09. The third kappa shape index (κ3) is 3.82. The van der Waals surface area contributed by atoms with Gasteiger partial charge in [-0.1, -0.05) is 38.1 Å². The van der Waals surface area contributed by atoms with Crippen LogP contribution in [0.4, 0.5) is 0 Å². The zero-order valence-electron chi connectivity index (χ0n) is 11.1. The minimum absolute atomic E-state index is 0.108. The van der Waals surface area contributed by atoms with Crippen LogP contribution in [-0.2, 0) is 4.79 Å². The molecule has 0 bridgehead atoms. The summed E-state index contributed by atoms with van der Waals surface area (Å²) in [4.78, 5) is 10.7. The predicted molar refractivity (Wildman–Crippen MR) is 70.6 cm³/mol. The molecule has 0 aliphatic rings. The fourth-order valence-corrected chi connectivity index (χ4v) is 1.87. The van der Waals surface area contributed by atoms with Crippen LogP contribution in [0.1, 0.15) is 43.4 Å². The van der Waals surface area contributed by atoms with Crippen LogP contribution in [0.5, 0.6) is 0 Å². The van der Waals surface area contributed by atoms with Crippen molar-refractivity contribution in [3.63, 3.8) is 0 Å². The summed E-state index contributed by atoms with van der Waals surface area (Å²) >= 11 is 0. The SMILES string of the molecule is CNC(CC(=O)O)C(O)c1ccc(C(C)C)cc1. The highest BCUT2D eigenvalue weighted by Crippen LogP contribution is 2.22. The van der Waals surface area contributed by atoms with Crippen molar-refractivity contribution in [1.82, 2.24) is 5.32 Å². The Labute approximate surface area is 108 Å². The number of aliphatic hydroxyl groups excluding tert-OH is 1. The van der Waals surface area contributed by atoms with Crippen molar-refractivity contribution in [2.24, 2.45) is 0 Å². The van der Waals surface area contributed by atoms with Gasteiger partial charge in [0.15, 0.2) is 0 Å². The molecule has 2 atom stereocenters. The summed E-state index contributed by atoms with van der Waals surface area (Å²) in [5, 5.41) is 21.7. The van der Waals surface area contributed by atoms with Gasteiger partial charge in [-0.05, 0) is 24.1 Å². The average molecular weight is 251 g/mol. The fourth-order valence-electron chi connectivity index (χ4n) is 1.87. The van der Waals surface area contributed by atoms with Gasteiger partial charge in [0.2, 0.25) is 0 Å². The maximum absolute atomic E-state index is 10.7. The molecule has 0 spiro atoms. The standard InChI is InChI=1S/C14H21NO3/c1-9(2)10-4-6-11(7-5-10)14(18)12(15-3)8-13(16)17/h4-7,9,12,14-15,18H,8H2,1-3H3,(H,16,17). The van der Waals surface area contributed by atoms with E-state index < -0.39 is 18.1 Å². The molecule has 100 valence electrons. The molecule has 0 radical (unpaired) electrons. The van der Waals surface area contributed by atoms with Crippen molar-refractivity contribution >= 4 is 5.97 Å². The van der Waals surface area contributed by atoms with Crippen LogP contribution in [0.2, 0.25) is 0 Å². The highest BCUT2D eigenvalue weighted by Gasteiger charge is 2.21. The van der Waals surface area contributed by atoms with Crippen molar-refractivity contribution in [3.05, 3.63) is 35.4 Å². The molecular formula is C14H21NO3. The van der Waals surface area contributed by atoms with Gasteiger partial charge in [0.25, 0.3) is 0 Å². The number of hydrogen-bond acceptors (Lipinski definition) is 3. The molecule has 0 aromatic heterocycles. The van der Waals surface area contributed by atoms with Crippen LogP contribution in [0, 0.1) is 0 Å². The van der Waals surface area contributed by atoms with Crippen LogP contribution in [0.25, 0.3) is 0 Å². The van der Waals surface area contributed by atoms with Crippen molar-refractivity contribution in [1.29, 1.82) is 0 Å². The molecule has 18 heavy (non-hydrogen) atoms. The average Bonchev–Trinajstić information content (AvgIpc) is 2.35. The van der Waals surface area contributed by atoms with E-state index in [9.17, 15) is 9.90 Å². The molecule has 0 amide bonds. The summed E-state index contributed by atoms with van der Waals surface area (Å²) in [6, 6.07) is 7.17. The molecule has 0 saturated carbocycles. The largest absolute Gasteiger partial charge is 0.481 e. The number of carboxylic acids is 1. The Morgan fingerprint density at radius 2 is 1.72 bits per heavy atom. The molecule has 4 heteroatoms. The van der Waals surface area contributed by atoms with Gasteiger partial charge in [0.1, 0.15) is 0 Å². The molecule has 0 aliphatic carbocycles. The van der Waals surface area contributed by atoms with Gasteiger partial charge in [-0.3, -0.25) is 4.79 Å². The normalized spacial score (nSPS) is 14.5. The molecule has 4 nitrogen and oxygen atoms in total. The lowest BCUT2D eigenvalue weighted by Crippen LogP contribution is -2.34. The molecule has 3 N–H and O–H groups in total. The quantitative estimate of drug-likeness (QED) is 0.722. The zero-order valence-corrected chi connectivity index (χ0v) is 11.1. The van der Waals surface area contributed by atoms with E-state index in [0.717, 1.165) is 5.56 Å². The number of benzene rings is 1. The first-order valence-electron chi connectivity index (χ1n) is 6.12. The number of nitrogens with one attached hydrogen (secondary N) is 1. The van der Waals surface area contributed by atoms with Gasteiger partial charge >= 0.3 is 5.97 Å². The van der Waals surface area contributed by atoms with E-state index in [1.165, 1.54) is 5.56 Å². The second-order valence-electron chi connectivity index (χ2n) is 4.76. The Bertz CT molecular complexity index is 387. The Kier molecular flexibility index (Phi) is 5.31. The van der Waals surface area contributed by atoms with Crippen LogP contribution in [0.15, 0.2) is 24.3 Å². The smallest absolute Gasteiger partial charge is 0.305 e. The molecule has 2 unspecified atom stereocenters. The molecular weight excluding hydrogens is 230 g/mol. The van der Waals surface area contributed by atoms with Crippen LogP contribution >= 0.6 is 0 Å². The Morgan fingerprint density at radius 3 is 2.11 bits per heavy atom. The summed E-state index contributed by atoms with van der Waals surface area (Å²) in [5.41, 5.74) is 1.94. The van der Waals surface area contributed by atoms with Crippen molar-refractivity contribution in [3.8, 4) is 0 Å². The van der Waals surface area contributed by atoms with E-state index in [-0.39, 0.29) is 6.42 Å². The van der Waals surface area contributed by atoms with E-state index in [1.807, 2.05) is 24.3 Å². The molecule has 0 saturated heterocycles. The summed E-state index contributed by atoms with van der Waals surface area (Å²) in [7, 11) is 1.65. The molecule has 0 aliphatic heterocycles. The van der Waals surface area contributed by atoms with Crippen LogP contribution in [-0.4, -0.2) is 29.3 Å². The van der Waals surface area contributed by atoms with E-state index in [4.69, 9.17) is 5.11 Å². The van der Waals surface area contributed by atoms with Gasteiger partial charge in [0.05, 0.1) is 12.5 Å². The molecule has 1 aromatic carbocycles. The Balaban J connectivity index is 2.81. The predicted octanol–water partition coefficient (Wildman–Crippen LogP) is 1.91. The monoisotopic (exact) mass is 251 g/mol. The molecule has 1 rings (SSSR count). The van der Waals surface area contributed by atoms with Gasteiger partial charge < -0.3 is 15.5 Å². The number of carboxylic acid groups (broad SMARTS) is 1. The first-order chi connectivity index (χ1) is 8.45. The molecule has 0 heterocycles. The summed E-state index contributed by atoms with van der Waals surface area (Å²) < 4.78 is 0. The first-order valence-corrected chi connectivity index (χ1v) is 6.12. The number of hydrogen-bond donors (Lipinski definition) is 3. The molecule has 0 fully saturated rings. The Hall–Kier alpha value is -1.39. The van der Waals surface area contributed by atoms with Gasteiger partial charge in [-0.25, -0.2) is 0 Å². The van der Waals surface area contributed by atoms with Crippen LogP contribution < -0.4 is 5.32 Å². The van der Waals surface area contributed by atoms with Gasteiger partial charge in [-0.15, -0.1) is 0 Å². The van der Waals surface area contributed by atoms with Gasteiger partial charge in [0, 0.05) is 6.04 Å². The lowest BCUT2D eigenvalue weighted by atomic mass is 9.96. The second kappa shape index (κ2) is 6.52. The summed E-state index contributed by atoms with van der Waals surface area (Å²) in [6.07, 6.45) is -0.920. The first kappa shape index (κ1) is 14.7. The van der Waals surface area contributed by atoms with Gasteiger partial charge in [-0.2, -0.15) is 0 Å². The van der Waals surface area contributed by atoms with Crippen molar-refractivity contribution in [2.45, 2.75) is 38.3 Å². The highest BCUT2D eigenvalue weighted by atomic mass is 16.4. The number of aliphatic carboxylic acids is 1. The lowest BCUT2D eigenvalue weighted by Gasteiger charge is -2.21. The van der Waals surface area contributed by atoms with E-state index in [0.29, 0.717) is 5.92 Å². The minimum Gasteiger partial charge on any atom is -0.481 e. The van der Waals surface area contributed by atoms with Crippen LogP contribution in [0.3, 0.4) is 0 Å². The Morgan fingerprint density at radius 1 is 1.22 bits per heavy atom. The van der Waals surface area contributed by atoms with Crippen molar-refractivity contribution < 1.29 is 15.0 Å². The third-order valence-electron chi connectivity index (χ3n) is 3.09. The fraction of sp³-hybridized carbons (Fsp3) is 0.500. The van der Waals surface area contributed by atoms with E-state index in [1.54, 1.807) is 7.05 Å². The number of aliphatic hydroxyl groups is 1. The maximum atomic E-state index is 10.7. The summed E-state index contributed by atoms with van der Waals surface area (Å²) in [6.45, 7) is 4.21.